The number of likely N-dealkylation sites (tertiary alicyclic amines) is 1. The third-order valence-corrected chi connectivity index (χ3v) is 4.68. The van der Waals surface area contributed by atoms with Crippen LogP contribution < -0.4 is 5.32 Å². The van der Waals surface area contributed by atoms with E-state index in [9.17, 15) is 9.59 Å². The molecule has 1 atom stereocenters. The molecule has 1 aliphatic heterocycles. The van der Waals surface area contributed by atoms with Crippen LogP contribution in [-0.2, 0) is 16.1 Å². The Hall–Kier alpha value is -1.55. The number of nitrogens with one attached hydrogen (secondary N) is 1. The fourth-order valence-electron chi connectivity index (χ4n) is 2.88. The van der Waals surface area contributed by atoms with Crippen molar-refractivity contribution in [2.75, 3.05) is 6.54 Å². The summed E-state index contributed by atoms with van der Waals surface area (Å²) in [5.41, 5.74) is 0.157. The Kier molecular flexibility index (Phi) is 5.69. The molecule has 1 aromatic rings. The maximum atomic E-state index is 12.6. The van der Waals surface area contributed by atoms with Crippen molar-refractivity contribution in [2.24, 2.45) is 5.92 Å². The lowest BCUT2D eigenvalue weighted by Crippen LogP contribution is -2.54. The molecule has 0 bridgehead atoms. The number of carbonyl (C=O) groups is 2. The van der Waals surface area contributed by atoms with Crippen LogP contribution in [0.15, 0.2) is 24.3 Å². The van der Waals surface area contributed by atoms with E-state index in [1.165, 1.54) is 0 Å². The van der Waals surface area contributed by atoms with Gasteiger partial charge >= 0.3 is 0 Å². The van der Waals surface area contributed by atoms with Crippen LogP contribution in [0.4, 0.5) is 0 Å². The van der Waals surface area contributed by atoms with Crippen LogP contribution in [0.1, 0.15) is 45.6 Å². The monoisotopic (exact) mass is 336 g/mol. The van der Waals surface area contributed by atoms with Crippen molar-refractivity contribution in [3.05, 3.63) is 34.9 Å². The molecular weight excluding hydrogens is 312 g/mol. The lowest BCUT2D eigenvalue weighted by atomic mass is 9.96. The molecule has 1 heterocycles. The van der Waals surface area contributed by atoms with Gasteiger partial charge in [0.05, 0.1) is 0 Å². The SMILES string of the molecule is CC(C)CCNC(=O)[C@]1(C)CCC(=O)N1Cc1cccc(Cl)c1. The third kappa shape index (κ3) is 4.25. The minimum atomic E-state index is -0.781. The molecule has 0 saturated carbocycles. The molecule has 23 heavy (non-hydrogen) atoms. The normalized spacial score (nSPS) is 21.1. The summed E-state index contributed by atoms with van der Waals surface area (Å²) in [4.78, 5) is 26.6. The standard InChI is InChI=1S/C18H25ClN2O2/c1-13(2)8-10-20-17(23)18(3)9-7-16(22)21(18)12-14-5-4-6-15(19)11-14/h4-6,11,13H,7-10,12H2,1-3H3,(H,20,23)/t18-/m0/s1. The number of hydrogen-bond donors (Lipinski definition) is 1. The minimum Gasteiger partial charge on any atom is -0.354 e. The van der Waals surface area contributed by atoms with Crippen molar-refractivity contribution in [2.45, 2.75) is 52.1 Å². The van der Waals surface area contributed by atoms with Gasteiger partial charge in [-0.3, -0.25) is 9.59 Å². The summed E-state index contributed by atoms with van der Waals surface area (Å²) < 4.78 is 0. The summed E-state index contributed by atoms with van der Waals surface area (Å²) in [5.74, 6) is 0.494. The largest absolute Gasteiger partial charge is 0.354 e. The Morgan fingerprint density at radius 1 is 1.43 bits per heavy atom. The molecule has 2 rings (SSSR count). The zero-order valence-corrected chi connectivity index (χ0v) is 14.8. The third-order valence-electron chi connectivity index (χ3n) is 4.45. The summed E-state index contributed by atoms with van der Waals surface area (Å²) in [6, 6.07) is 7.42. The first-order valence-corrected chi connectivity index (χ1v) is 8.54. The molecule has 1 aromatic carbocycles. The van der Waals surface area contributed by atoms with E-state index in [0.29, 0.717) is 36.9 Å². The fourth-order valence-corrected chi connectivity index (χ4v) is 3.09. The van der Waals surface area contributed by atoms with Gasteiger partial charge in [0.1, 0.15) is 5.54 Å². The predicted molar refractivity (Wildman–Crippen MR) is 92.1 cm³/mol. The Balaban J connectivity index is 2.09. The number of amides is 2. The van der Waals surface area contributed by atoms with Gasteiger partial charge < -0.3 is 10.2 Å². The van der Waals surface area contributed by atoms with Gasteiger partial charge in [0.2, 0.25) is 11.8 Å². The number of nitrogens with zero attached hydrogens (tertiary/aromatic N) is 1. The molecule has 5 heteroatoms. The van der Waals surface area contributed by atoms with E-state index < -0.39 is 5.54 Å². The van der Waals surface area contributed by atoms with E-state index in [2.05, 4.69) is 19.2 Å². The van der Waals surface area contributed by atoms with Crippen molar-refractivity contribution < 1.29 is 9.59 Å². The van der Waals surface area contributed by atoms with Crippen LogP contribution >= 0.6 is 11.6 Å². The van der Waals surface area contributed by atoms with Crippen molar-refractivity contribution in [1.29, 1.82) is 0 Å². The predicted octanol–water partition coefficient (Wildman–Crippen LogP) is 3.38. The average Bonchev–Trinajstić information content (AvgIpc) is 2.76. The zero-order chi connectivity index (χ0) is 17.0. The van der Waals surface area contributed by atoms with Gasteiger partial charge in [-0.2, -0.15) is 0 Å². The second-order valence-corrected chi connectivity index (χ2v) is 7.26. The maximum Gasteiger partial charge on any atom is 0.245 e. The van der Waals surface area contributed by atoms with Gasteiger partial charge in [0.25, 0.3) is 0 Å². The summed E-state index contributed by atoms with van der Waals surface area (Å²) in [6.07, 6.45) is 1.90. The molecule has 0 radical (unpaired) electrons. The highest BCUT2D eigenvalue weighted by Gasteiger charge is 2.46. The van der Waals surface area contributed by atoms with Gasteiger partial charge in [-0.1, -0.05) is 37.6 Å². The molecule has 1 saturated heterocycles. The lowest BCUT2D eigenvalue weighted by molar-refractivity contribution is -0.141. The molecule has 2 amide bonds. The molecule has 0 aliphatic carbocycles. The minimum absolute atomic E-state index is 0.0199. The summed E-state index contributed by atoms with van der Waals surface area (Å²) in [6.45, 7) is 7.16. The van der Waals surface area contributed by atoms with Crippen molar-refractivity contribution in [3.8, 4) is 0 Å². The molecule has 126 valence electrons. The van der Waals surface area contributed by atoms with Gasteiger partial charge in [-0.15, -0.1) is 0 Å². The molecule has 0 aromatic heterocycles. The van der Waals surface area contributed by atoms with Gasteiger partial charge in [-0.25, -0.2) is 0 Å². The van der Waals surface area contributed by atoms with Crippen LogP contribution in [-0.4, -0.2) is 28.8 Å². The van der Waals surface area contributed by atoms with E-state index in [1.807, 2.05) is 25.1 Å². The van der Waals surface area contributed by atoms with Crippen molar-refractivity contribution in [3.63, 3.8) is 0 Å². The van der Waals surface area contributed by atoms with E-state index in [-0.39, 0.29) is 11.8 Å². The molecule has 0 spiro atoms. The topological polar surface area (TPSA) is 49.4 Å². The number of hydrogen-bond acceptors (Lipinski definition) is 2. The summed E-state index contributed by atoms with van der Waals surface area (Å²) in [5, 5.41) is 3.62. The molecule has 4 nitrogen and oxygen atoms in total. The van der Waals surface area contributed by atoms with Crippen LogP contribution in [0.5, 0.6) is 0 Å². The van der Waals surface area contributed by atoms with Crippen LogP contribution in [0.25, 0.3) is 0 Å². The van der Waals surface area contributed by atoms with Gasteiger partial charge in [0, 0.05) is 24.5 Å². The molecule has 0 unspecified atom stereocenters. The highest BCUT2D eigenvalue weighted by molar-refractivity contribution is 6.30. The van der Waals surface area contributed by atoms with E-state index >= 15 is 0 Å². The first kappa shape index (κ1) is 17.8. The maximum absolute atomic E-state index is 12.6. The van der Waals surface area contributed by atoms with Crippen molar-refractivity contribution in [1.82, 2.24) is 10.2 Å². The van der Waals surface area contributed by atoms with E-state index in [0.717, 1.165) is 12.0 Å². The second kappa shape index (κ2) is 7.35. The first-order valence-electron chi connectivity index (χ1n) is 8.16. The Bertz CT molecular complexity index is 588. The van der Waals surface area contributed by atoms with Crippen LogP contribution in [0, 0.1) is 5.92 Å². The lowest BCUT2D eigenvalue weighted by Gasteiger charge is -2.34. The Morgan fingerprint density at radius 3 is 2.83 bits per heavy atom. The number of rotatable bonds is 6. The van der Waals surface area contributed by atoms with Gasteiger partial charge in [0.15, 0.2) is 0 Å². The van der Waals surface area contributed by atoms with Crippen LogP contribution in [0.3, 0.4) is 0 Å². The number of benzene rings is 1. The zero-order valence-electron chi connectivity index (χ0n) is 14.1. The van der Waals surface area contributed by atoms with E-state index in [4.69, 9.17) is 11.6 Å². The number of carbonyl (C=O) groups excluding carboxylic acids is 2. The highest BCUT2D eigenvalue weighted by atomic mass is 35.5. The molecule has 1 N–H and O–H groups in total. The van der Waals surface area contributed by atoms with Gasteiger partial charge in [-0.05, 0) is 43.4 Å². The molecule has 1 fully saturated rings. The molecular formula is C18H25ClN2O2. The number of halogens is 1. The smallest absolute Gasteiger partial charge is 0.245 e. The first-order chi connectivity index (χ1) is 10.8. The Morgan fingerprint density at radius 2 is 2.17 bits per heavy atom. The molecule has 1 aliphatic rings. The van der Waals surface area contributed by atoms with Crippen LogP contribution in [0.2, 0.25) is 5.02 Å². The summed E-state index contributed by atoms with van der Waals surface area (Å²) in [7, 11) is 0. The quantitative estimate of drug-likeness (QED) is 0.865. The Labute approximate surface area is 143 Å². The van der Waals surface area contributed by atoms with Crippen molar-refractivity contribution >= 4 is 23.4 Å². The summed E-state index contributed by atoms with van der Waals surface area (Å²) >= 11 is 6.02. The van der Waals surface area contributed by atoms with E-state index in [1.54, 1.807) is 11.0 Å². The average molecular weight is 337 g/mol. The highest BCUT2D eigenvalue weighted by Crippen LogP contribution is 2.32. The fraction of sp³-hybridized carbons (Fsp3) is 0.556. The second-order valence-electron chi connectivity index (χ2n) is 6.82.